The molecule has 4 nitrogen and oxygen atoms in total. The van der Waals surface area contributed by atoms with Crippen molar-refractivity contribution in [2.45, 2.75) is 51.6 Å². The Bertz CT molecular complexity index is 259. The Balaban J connectivity index is 2.62. The zero-order valence-electron chi connectivity index (χ0n) is 11.7. The summed E-state index contributed by atoms with van der Waals surface area (Å²) in [5.41, 5.74) is 5.62. The number of rotatable bonds is 4. The molecule has 1 aliphatic rings. The Morgan fingerprint density at radius 3 is 2.35 bits per heavy atom. The highest BCUT2D eigenvalue weighted by Gasteiger charge is 2.32. The van der Waals surface area contributed by atoms with Crippen molar-refractivity contribution >= 4 is 5.91 Å². The Morgan fingerprint density at radius 1 is 1.35 bits per heavy atom. The van der Waals surface area contributed by atoms with Gasteiger partial charge in [0.1, 0.15) is 0 Å². The number of likely N-dealkylation sites (tertiary alicyclic amines) is 1. The topological polar surface area (TPSA) is 49.6 Å². The first kappa shape index (κ1) is 14.5. The Labute approximate surface area is 105 Å². The summed E-state index contributed by atoms with van der Waals surface area (Å²) in [4.78, 5) is 16.4. The van der Waals surface area contributed by atoms with Gasteiger partial charge in [-0.15, -0.1) is 0 Å². The number of piperidine rings is 1. The quantitative estimate of drug-likeness (QED) is 0.800. The largest absolute Gasteiger partial charge is 0.341 e. The van der Waals surface area contributed by atoms with E-state index in [1.165, 1.54) is 6.42 Å². The van der Waals surface area contributed by atoms with Gasteiger partial charge < -0.3 is 10.6 Å². The van der Waals surface area contributed by atoms with Gasteiger partial charge in [-0.2, -0.15) is 0 Å². The lowest BCUT2D eigenvalue weighted by molar-refractivity contribution is -0.138. The summed E-state index contributed by atoms with van der Waals surface area (Å²) < 4.78 is 0. The van der Waals surface area contributed by atoms with Crippen molar-refractivity contribution in [3.8, 4) is 0 Å². The van der Waals surface area contributed by atoms with Crippen LogP contribution >= 0.6 is 0 Å². The van der Waals surface area contributed by atoms with Crippen LogP contribution < -0.4 is 5.73 Å². The SMILES string of the molecule is CC(C(=O)N1CCCCC1)N(C)C(C)(C)CN. The predicted octanol–water partition coefficient (Wildman–Crippen LogP) is 1.06. The van der Waals surface area contributed by atoms with Gasteiger partial charge in [0, 0.05) is 25.2 Å². The van der Waals surface area contributed by atoms with Crippen molar-refractivity contribution in [2.75, 3.05) is 26.7 Å². The minimum Gasteiger partial charge on any atom is -0.341 e. The molecule has 1 amide bonds. The van der Waals surface area contributed by atoms with E-state index in [1.54, 1.807) is 0 Å². The predicted molar refractivity (Wildman–Crippen MR) is 70.8 cm³/mol. The van der Waals surface area contributed by atoms with Crippen molar-refractivity contribution in [1.29, 1.82) is 0 Å². The molecule has 0 aromatic heterocycles. The van der Waals surface area contributed by atoms with Gasteiger partial charge in [0.05, 0.1) is 6.04 Å². The lowest BCUT2D eigenvalue weighted by atomic mass is 10.0. The number of hydrogen-bond acceptors (Lipinski definition) is 3. The van der Waals surface area contributed by atoms with Crippen LogP contribution in [0.4, 0.5) is 0 Å². The molecule has 0 spiro atoms. The number of carbonyl (C=O) groups is 1. The molecule has 0 bridgehead atoms. The molecular weight excluding hydrogens is 214 g/mol. The lowest BCUT2D eigenvalue weighted by Crippen LogP contribution is -2.56. The van der Waals surface area contributed by atoms with E-state index in [0.717, 1.165) is 25.9 Å². The fourth-order valence-corrected chi connectivity index (χ4v) is 2.21. The van der Waals surface area contributed by atoms with E-state index in [4.69, 9.17) is 5.73 Å². The monoisotopic (exact) mass is 241 g/mol. The molecular formula is C13H27N3O. The molecule has 1 fully saturated rings. The first-order valence-electron chi connectivity index (χ1n) is 6.62. The summed E-state index contributed by atoms with van der Waals surface area (Å²) >= 11 is 0. The molecule has 0 aromatic carbocycles. The first-order chi connectivity index (χ1) is 7.90. The highest BCUT2D eigenvalue weighted by atomic mass is 16.2. The highest BCUT2D eigenvalue weighted by Crippen LogP contribution is 2.17. The Hall–Kier alpha value is -0.610. The summed E-state index contributed by atoms with van der Waals surface area (Å²) in [6.45, 7) is 8.52. The van der Waals surface area contributed by atoms with E-state index in [2.05, 4.69) is 18.7 Å². The van der Waals surface area contributed by atoms with Gasteiger partial charge in [-0.3, -0.25) is 9.69 Å². The van der Waals surface area contributed by atoms with E-state index < -0.39 is 0 Å². The van der Waals surface area contributed by atoms with Crippen LogP contribution in [-0.4, -0.2) is 54.0 Å². The highest BCUT2D eigenvalue weighted by molar-refractivity contribution is 5.81. The average molecular weight is 241 g/mol. The van der Waals surface area contributed by atoms with Gasteiger partial charge >= 0.3 is 0 Å². The number of hydrogen-bond donors (Lipinski definition) is 1. The van der Waals surface area contributed by atoms with Crippen LogP contribution in [0.2, 0.25) is 0 Å². The van der Waals surface area contributed by atoms with Crippen LogP contribution in [0.5, 0.6) is 0 Å². The molecule has 100 valence electrons. The van der Waals surface area contributed by atoms with Gasteiger partial charge in [-0.05, 0) is 47.1 Å². The molecule has 1 rings (SSSR count). The molecule has 0 radical (unpaired) electrons. The van der Waals surface area contributed by atoms with Gasteiger partial charge in [-0.1, -0.05) is 0 Å². The van der Waals surface area contributed by atoms with Crippen LogP contribution in [0, 0.1) is 0 Å². The van der Waals surface area contributed by atoms with Crippen LogP contribution in [0.15, 0.2) is 0 Å². The standard InChI is InChI=1S/C13H27N3O/c1-11(15(4)13(2,3)10-14)12(17)16-8-6-5-7-9-16/h11H,5-10,14H2,1-4H3. The minimum absolute atomic E-state index is 0.0911. The maximum absolute atomic E-state index is 12.3. The normalized spacial score (nSPS) is 19.5. The number of nitrogens with two attached hydrogens (primary N) is 1. The second-order valence-corrected chi connectivity index (χ2v) is 5.69. The van der Waals surface area contributed by atoms with E-state index in [1.807, 2.05) is 18.9 Å². The first-order valence-corrected chi connectivity index (χ1v) is 6.62. The number of carbonyl (C=O) groups excluding carboxylic acids is 1. The van der Waals surface area contributed by atoms with Crippen LogP contribution in [0.1, 0.15) is 40.0 Å². The minimum atomic E-state index is -0.134. The zero-order chi connectivity index (χ0) is 13.1. The van der Waals surface area contributed by atoms with Gasteiger partial charge in [0.25, 0.3) is 0 Å². The van der Waals surface area contributed by atoms with Crippen LogP contribution in [0.3, 0.4) is 0 Å². The second-order valence-electron chi connectivity index (χ2n) is 5.69. The molecule has 0 saturated carbocycles. The summed E-state index contributed by atoms with van der Waals surface area (Å²) in [5.74, 6) is 0.244. The van der Waals surface area contributed by atoms with E-state index >= 15 is 0 Å². The molecule has 2 N–H and O–H groups in total. The summed E-state index contributed by atoms with van der Waals surface area (Å²) in [7, 11) is 1.99. The van der Waals surface area contributed by atoms with E-state index in [9.17, 15) is 4.79 Å². The molecule has 17 heavy (non-hydrogen) atoms. The van der Waals surface area contributed by atoms with Crippen molar-refractivity contribution < 1.29 is 4.79 Å². The van der Waals surface area contributed by atoms with Gasteiger partial charge in [0.2, 0.25) is 5.91 Å². The molecule has 0 aromatic rings. The molecule has 1 heterocycles. The fourth-order valence-electron chi connectivity index (χ4n) is 2.21. The van der Waals surface area contributed by atoms with Crippen molar-refractivity contribution in [3.63, 3.8) is 0 Å². The third-order valence-corrected chi connectivity index (χ3v) is 4.06. The van der Waals surface area contributed by atoms with Crippen molar-refractivity contribution in [1.82, 2.24) is 9.80 Å². The molecule has 1 atom stereocenters. The number of amides is 1. The van der Waals surface area contributed by atoms with Crippen molar-refractivity contribution in [2.24, 2.45) is 5.73 Å². The number of likely N-dealkylation sites (N-methyl/N-ethyl adjacent to an activating group) is 1. The second kappa shape index (κ2) is 5.83. The molecule has 1 unspecified atom stereocenters. The Kier molecular flexibility index (Phi) is 4.95. The summed E-state index contributed by atoms with van der Waals surface area (Å²) in [6.07, 6.45) is 3.53. The third-order valence-electron chi connectivity index (χ3n) is 4.06. The third kappa shape index (κ3) is 3.42. The molecule has 1 saturated heterocycles. The summed E-state index contributed by atoms with van der Waals surface area (Å²) in [6, 6.07) is -0.0911. The van der Waals surface area contributed by atoms with Gasteiger partial charge in [-0.25, -0.2) is 0 Å². The average Bonchev–Trinajstić information content (AvgIpc) is 2.37. The Morgan fingerprint density at radius 2 is 1.88 bits per heavy atom. The summed E-state index contributed by atoms with van der Waals surface area (Å²) in [5, 5.41) is 0. The van der Waals surface area contributed by atoms with Crippen LogP contribution in [0.25, 0.3) is 0 Å². The van der Waals surface area contributed by atoms with Crippen LogP contribution in [-0.2, 0) is 4.79 Å². The maximum Gasteiger partial charge on any atom is 0.239 e. The van der Waals surface area contributed by atoms with E-state index in [-0.39, 0.29) is 17.5 Å². The smallest absolute Gasteiger partial charge is 0.239 e. The fraction of sp³-hybridized carbons (Fsp3) is 0.923. The molecule has 1 aliphatic heterocycles. The number of nitrogens with zero attached hydrogens (tertiary/aromatic N) is 2. The van der Waals surface area contributed by atoms with E-state index in [0.29, 0.717) is 6.54 Å². The zero-order valence-corrected chi connectivity index (χ0v) is 11.7. The van der Waals surface area contributed by atoms with Crippen molar-refractivity contribution in [3.05, 3.63) is 0 Å². The molecule has 4 heteroatoms. The van der Waals surface area contributed by atoms with Gasteiger partial charge in [0.15, 0.2) is 0 Å². The lowest BCUT2D eigenvalue weighted by Gasteiger charge is -2.40. The maximum atomic E-state index is 12.3. The molecule has 0 aliphatic carbocycles.